The summed E-state index contributed by atoms with van der Waals surface area (Å²) in [6, 6.07) is 9.93. The van der Waals surface area contributed by atoms with Crippen LogP contribution in [0.25, 0.3) is 27.3 Å². The van der Waals surface area contributed by atoms with E-state index in [-0.39, 0.29) is 11.5 Å². The van der Waals surface area contributed by atoms with Crippen LogP contribution < -0.4 is 5.69 Å². The molecule has 0 unspecified atom stereocenters. The van der Waals surface area contributed by atoms with Crippen molar-refractivity contribution in [3.8, 4) is 11.4 Å². The van der Waals surface area contributed by atoms with Gasteiger partial charge < -0.3 is 0 Å². The molecule has 0 atom stereocenters. The van der Waals surface area contributed by atoms with Crippen molar-refractivity contribution in [2.24, 2.45) is 0 Å². The molecular formula is C22H16FN5OS. The van der Waals surface area contributed by atoms with Crippen molar-refractivity contribution < 1.29 is 4.39 Å². The number of rotatable bonds is 3. The van der Waals surface area contributed by atoms with Crippen molar-refractivity contribution in [2.75, 3.05) is 0 Å². The van der Waals surface area contributed by atoms with Crippen LogP contribution in [0.15, 0.2) is 53.6 Å². The monoisotopic (exact) mass is 417 g/mol. The molecule has 0 spiro atoms. The van der Waals surface area contributed by atoms with Crippen LogP contribution >= 0.6 is 11.3 Å². The van der Waals surface area contributed by atoms with Gasteiger partial charge in [0.25, 0.3) is 0 Å². The van der Waals surface area contributed by atoms with Gasteiger partial charge in [0.15, 0.2) is 11.5 Å². The number of benzene rings is 1. The third-order valence-electron chi connectivity index (χ3n) is 5.58. The highest BCUT2D eigenvalue weighted by molar-refractivity contribution is 7.19. The molecule has 0 fully saturated rings. The molecule has 1 aliphatic rings. The van der Waals surface area contributed by atoms with Crippen molar-refractivity contribution in [3.05, 3.63) is 81.1 Å². The zero-order chi connectivity index (χ0) is 20.2. The third kappa shape index (κ3) is 2.60. The van der Waals surface area contributed by atoms with Crippen molar-refractivity contribution in [2.45, 2.75) is 25.8 Å². The molecule has 4 aromatic heterocycles. The Morgan fingerprint density at radius 1 is 1.07 bits per heavy atom. The molecule has 6 rings (SSSR count). The van der Waals surface area contributed by atoms with Crippen molar-refractivity contribution in [3.63, 3.8) is 0 Å². The molecular weight excluding hydrogens is 401 g/mol. The highest BCUT2D eigenvalue weighted by atomic mass is 32.1. The molecule has 0 saturated carbocycles. The fourth-order valence-electron chi connectivity index (χ4n) is 4.15. The van der Waals surface area contributed by atoms with Gasteiger partial charge in [0, 0.05) is 22.8 Å². The predicted molar refractivity (Wildman–Crippen MR) is 113 cm³/mol. The van der Waals surface area contributed by atoms with E-state index in [0.29, 0.717) is 18.0 Å². The maximum atomic E-state index is 13.4. The molecule has 6 nitrogen and oxygen atoms in total. The van der Waals surface area contributed by atoms with E-state index in [4.69, 9.17) is 4.98 Å². The highest BCUT2D eigenvalue weighted by Crippen LogP contribution is 2.38. The minimum atomic E-state index is -0.292. The first-order valence-electron chi connectivity index (χ1n) is 9.78. The van der Waals surface area contributed by atoms with Crippen LogP contribution in [0.1, 0.15) is 22.4 Å². The summed E-state index contributed by atoms with van der Waals surface area (Å²) >= 11 is 1.67. The predicted octanol–water partition coefficient (Wildman–Crippen LogP) is 3.84. The maximum Gasteiger partial charge on any atom is 0.352 e. The molecule has 0 radical (unpaired) electrons. The summed E-state index contributed by atoms with van der Waals surface area (Å²) in [6.45, 7) is 0.357. The molecule has 8 heteroatoms. The Morgan fingerprint density at radius 2 is 1.87 bits per heavy atom. The summed E-state index contributed by atoms with van der Waals surface area (Å²) in [5, 5.41) is 5.56. The van der Waals surface area contributed by atoms with E-state index >= 15 is 0 Å². The van der Waals surface area contributed by atoms with E-state index in [1.807, 2.05) is 12.1 Å². The van der Waals surface area contributed by atoms with Gasteiger partial charge in [-0.3, -0.25) is 9.55 Å². The highest BCUT2D eigenvalue weighted by Gasteiger charge is 2.25. The van der Waals surface area contributed by atoms with Gasteiger partial charge in [0.05, 0.1) is 11.9 Å². The van der Waals surface area contributed by atoms with E-state index in [9.17, 15) is 9.18 Å². The molecule has 0 amide bonds. The lowest BCUT2D eigenvalue weighted by Crippen LogP contribution is -2.28. The summed E-state index contributed by atoms with van der Waals surface area (Å²) in [7, 11) is 0. The van der Waals surface area contributed by atoms with Gasteiger partial charge in [0.2, 0.25) is 0 Å². The summed E-state index contributed by atoms with van der Waals surface area (Å²) in [4.78, 5) is 24.5. The lowest BCUT2D eigenvalue weighted by atomic mass is 10.2. The number of fused-ring (bicyclic) bond motifs is 5. The van der Waals surface area contributed by atoms with Gasteiger partial charge in [-0.1, -0.05) is 12.1 Å². The molecule has 5 aromatic rings. The largest absolute Gasteiger partial charge is 0.352 e. The Morgan fingerprint density at radius 3 is 2.67 bits per heavy atom. The van der Waals surface area contributed by atoms with Crippen LogP contribution in [-0.4, -0.2) is 24.1 Å². The van der Waals surface area contributed by atoms with Crippen molar-refractivity contribution >= 4 is 27.2 Å². The van der Waals surface area contributed by atoms with Crippen LogP contribution in [0.4, 0.5) is 4.39 Å². The Balaban J connectivity index is 1.64. The molecule has 148 valence electrons. The van der Waals surface area contributed by atoms with E-state index in [2.05, 4.69) is 10.1 Å². The summed E-state index contributed by atoms with van der Waals surface area (Å²) in [5.41, 5.74) is 3.33. The zero-order valence-corrected chi connectivity index (χ0v) is 16.7. The number of nitrogens with zero attached hydrogens (tertiary/aromatic N) is 5. The third-order valence-corrected chi connectivity index (χ3v) is 6.90. The smallest absolute Gasteiger partial charge is 0.278 e. The van der Waals surface area contributed by atoms with Gasteiger partial charge in [-0.25, -0.2) is 14.2 Å². The number of thiophene rings is 1. The second kappa shape index (κ2) is 6.56. The van der Waals surface area contributed by atoms with E-state index in [0.717, 1.165) is 40.6 Å². The minimum Gasteiger partial charge on any atom is -0.278 e. The Bertz CT molecular complexity index is 1470. The molecule has 0 aliphatic heterocycles. The first-order chi connectivity index (χ1) is 14.7. The summed E-state index contributed by atoms with van der Waals surface area (Å²) in [5.74, 6) is 0.216. The van der Waals surface area contributed by atoms with Crippen LogP contribution in [0.2, 0.25) is 0 Å². The second-order valence-corrected chi connectivity index (χ2v) is 8.52. The maximum absolute atomic E-state index is 13.4. The SMILES string of the molecule is O=c1n(Cc2ccc(F)cc2)c2sc3c(c2c2nc(-c4ccncc4)nn12)CCC3. The van der Waals surface area contributed by atoms with Crippen molar-refractivity contribution in [1.29, 1.82) is 0 Å². The average Bonchev–Trinajstić information content (AvgIpc) is 3.47. The number of aromatic nitrogens is 5. The topological polar surface area (TPSA) is 65.1 Å². The normalized spacial score (nSPS) is 13.4. The lowest BCUT2D eigenvalue weighted by Gasteiger charge is -2.09. The first kappa shape index (κ1) is 17.5. The van der Waals surface area contributed by atoms with Crippen molar-refractivity contribution in [1.82, 2.24) is 24.1 Å². The molecule has 1 aromatic carbocycles. The average molecular weight is 417 g/mol. The summed E-state index contributed by atoms with van der Waals surface area (Å²) in [6.07, 6.45) is 6.50. The number of hydrogen-bond donors (Lipinski definition) is 0. The number of halogens is 1. The number of pyridine rings is 1. The van der Waals surface area contributed by atoms with Crippen LogP contribution in [-0.2, 0) is 19.4 Å². The Labute approximate surface area is 174 Å². The standard InChI is InChI=1S/C22H16FN5OS/c23-15-6-4-13(5-7-15)12-27-21-18(16-2-1-3-17(16)30-21)20-25-19(26-28(20)22(27)29)14-8-10-24-11-9-14/h4-11H,1-3,12H2. The van der Waals surface area contributed by atoms with Gasteiger partial charge in [-0.2, -0.15) is 4.52 Å². The molecule has 4 heterocycles. The molecule has 0 N–H and O–H groups in total. The molecule has 0 saturated heterocycles. The van der Waals surface area contributed by atoms with Crippen LogP contribution in [0.5, 0.6) is 0 Å². The van der Waals surface area contributed by atoms with E-state index in [1.54, 1.807) is 40.4 Å². The van der Waals surface area contributed by atoms with E-state index < -0.39 is 0 Å². The molecule has 30 heavy (non-hydrogen) atoms. The second-order valence-electron chi connectivity index (χ2n) is 7.44. The first-order valence-corrected chi connectivity index (χ1v) is 10.6. The zero-order valence-electron chi connectivity index (χ0n) is 15.9. The number of hydrogen-bond acceptors (Lipinski definition) is 5. The van der Waals surface area contributed by atoms with Gasteiger partial charge in [0.1, 0.15) is 10.6 Å². The fraction of sp³-hybridized carbons (Fsp3) is 0.182. The Hall–Kier alpha value is -3.39. The van der Waals surface area contributed by atoms with Crippen LogP contribution in [0, 0.1) is 5.82 Å². The molecule has 0 bridgehead atoms. The number of aryl methyl sites for hydroxylation is 2. The summed E-state index contributed by atoms with van der Waals surface area (Å²) < 4.78 is 16.5. The van der Waals surface area contributed by atoms with Crippen LogP contribution in [0.3, 0.4) is 0 Å². The lowest BCUT2D eigenvalue weighted by molar-refractivity contribution is 0.626. The van der Waals surface area contributed by atoms with Gasteiger partial charge in [-0.05, 0) is 54.7 Å². The minimum absolute atomic E-state index is 0.241. The Kier molecular flexibility index (Phi) is 3.82. The van der Waals surface area contributed by atoms with Gasteiger partial charge in [-0.15, -0.1) is 16.4 Å². The molecule has 1 aliphatic carbocycles. The van der Waals surface area contributed by atoms with Gasteiger partial charge >= 0.3 is 5.69 Å². The van der Waals surface area contributed by atoms with E-state index in [1.165, 1.54) is 27.1 Å². The quantitative estimate of drug-likeness (QED) is 0.447. The fourth-order valence-corrected chi connectivity index (χ4v) is 5.53.